The highest BCUT2D eigenvalue weighted by Crippen LogP contribution is 2.36. The van der Waals surface area contributed by atoms with Gasteiger partial charge in [-0.15, -0.1) is 10.2 Å². The topological polar surface area (TPSA) is 93.4 Å². The third-order valence-electron chi connectivity index (χ3n) is 5.41. The quantitative estimate of drug-likeness (QED) is 0.517. The Morgan fingerprint density at radius 3 is 2.55 bits per heavy atom. The summed E-state index contributed by atoms with van der Waals surface area (Å²) in [4.78, 5) is 14.5. The molecular weight excluding hydrogens is 468 g/mol. The Hall–Kier alpha value is -2.94. The van der Waals surface area contributed by atoms with Gasteiger partial charge in [0, 0.05) is 54.0 Å². The van der Waals surface area contributed by atoms with Gasteiger partial charge in [-0.25, -0.2) is 4.39 Å². The molecule has 4 rings (SSSR count). The summed E-state index contributed by atoms with van der Waals surface area (Å²) in [5.41, 5.74) is 8.10. The summed E-state index contributed by atoms with van der Waals surface area (Å²) < 4.78 is 19.8. The highest BCUT2D eigenvalue weighted by molar-refractivity contribution is 6.36. The number of benzene rings is 2. The Morgan fingerprint density at radius 1 is 1.15 bits per heavy atom. The summed E-state index contributed by atoms with van der Waals surface area (Å²) in [5.74, 6) is -0.277. The number of nitrogens with one attached hydrogen (secondary N) is 1. The van der Waals surface area contributed by atoms with Crippen molar-refractivity contribution in [3.63, 3.8) is 0 Å². The van der Waals surface area contributed by atoms with Crippen molar-refractivity contribution >= 4 is 34.9 Å². The van der Waals surface area contributed by atoms with Gasteiger partial charge in [0.25, 0.3) is 5.91 Å². The minimum absolute atomic E-state index is 0.00635. The van der Waals surface area contributed by atoms with Crippen LogP contribution in [-0.2, 0) is 0 Å². The van der Waals surface area contributed by atoms with E-state index in [0.717, 1.165) is 18.7 Å². The molecule has 1 fully saturated rings. The van der Waals surface area contributed by atoms with Crippen LogP contribution in [0.2, 0.25) is 10.0 Å². The van der Waals surface area contributed by atoms with E-state index < -0.39 is 11.9 Å². The molecule has 1 aliphatic rings. The molecule has 2 aromatic carbocycles. The molecule has 2 heterocycles. The maximum atomic E-state index is 13.9. The Kier molecular flexibility index (Phi) is 6.97. The zero-order valence-corrected chi connectivity index (χ0v) is 19.3. The number of carbonyl (C=O) groups is 1. The van der Waals surface area contributed by atoms with Crippen molar-refractivity contribution in [3.8, 4) is 17.0 Å². The number of nitrogens with two attached hydrogens (primary N) is 1. The van der Waals surface area contributed by atoms with Crippen molar-refractivity contribution in [1.82, 2.24) is 20.4 Å². The first-order valence-corrected chi connectivity index (χ1v) is 11.1. The minimum Gasteiger partial charge on any atom is -0.482 e. The number of anilines is 1. The molecule has 1 unspecified atom stereocenters. The van der Waals surface area contributed by atoms with E-state index in [0.29, 0.717) is 29.9 Å². The van der Waals surface area contributed by atoms with Crippen LogP contribution in [0.5, 0.6) is 5.75 Å². The number of amides is 1. The van der Waals surface area contributed by atoms with Gasteiger partial charge in [0.15, 0.2) is 11.6 Å². The monoisotopic (exact) mass is 489 g/mol. The van der Waals surface area contributed by atoms with Gasteiger partial charge in [-0.2, -0.15) is 0 Å². The fourth-order valence-corrected chi connectivity index (χ4v) is 4.30. The van der Waals surface area contributed by atoms with E-state index in [1.165, 1.54) is 12.1 Å². The van der Waals surface area contributed by atoms with Gasteiger partial charge in [-0.05, 0) is 31.2 Å². The van der Waals surface area contributed by atoms with Gasteiger partial charge in [0.2, 0.25) is 0 Å². The van der Waals surface area contributed by atoms with Crippen LogP contribution in [0.3, 0.4) is 0 Å². The molecule has 7 nitrogen and oxygen atoms in total. The van der Waals surface area contributed by atoms with Gasteiger partial charge in [-0.3, -0.25) is 4.79 Å². The summed E-state index contributed by atoms with van der Waals surface area (Å²) in [6, 6.07) is 11.3. The normalized spacial score (nSPS) is 14.7. The van der Waals surface area contributed by atoms with E-state index in [-0.39, 0.29) is 27.5 Å². The van der Waals surface area contributed by atoms with Crippen LogP contribution in [0.1, 0.15) is 28.9 Å². The maximum Gasteiger partial charge on any atom is 0.253 e. The predicted octanol–water partition coefficient (Wildman–Crippen LogP) is 4.36. The lowest BCUT2D eigenvalue weighted by atomic mass is 10.1. The van der Waals surface area contributed by atoms with Crippen LogP contribution in [-0.4, -0.2) is 47.2 Å². The molecule has 1 aromatic heterocycles. The highest BCUT2D eigenvalue weighted by Gasteiger charge is 2.21. The molecule has 1 saturated heterocycles. The third-order valence-corrected chi connectivity index (χ3v) is 6.12. The summed E-state index contributed by atoms with van der Waals surface area (Å²) in [6.45, 7) is 4.63. The molecule has 0 radical (unpaired) electrons. The molecule has 0 saturated carbocycles. The van der Waals surface area contributed by atoms with Gasteiger partial charge in [0.05, 0.1) is 10.7 Å². The Labute approximate surface area is 200 Å². The summed E-state index contributed by atoms with van der Waals surface area (Å²) in [6.07, 6.45) is -0.695. The van der Waals surface area contributed by atoms with Crippen LogP contribution in [0.15, 0.2) is 42.5 Å². The standard InChI is InChI=1S/C23H22Cl2FN5O2/c1-13(20-16(24)6-7-17(26)21(20)25)33-19-12-18(29-30-22(19)27)14-2-4-15(5-3-14)23(32)31-10-8-28-9-11-31/h2-7,12-13,28H,8-11H2,1H3,(H2,27,30). The van der Waals surface area contributed by atoms with Crippen molar-refractivity contribution in [2.75, 3.05) is 31.9 Å². The van der Waals surface area contributed by atoms with Crippen LogP contribution >= 0.6 is 23.2 Å². The number of hydrogen-bond donors (Lipinski definition) is 2. The minimum atomic E-state index is -0.695. The molecule has 172 valence electrons. The van der Waals surface area contributed by atoms with E-state index >= 15 is 0 Å². The second kappa shape index (κ2) is 9.91. The number of aromatic nitrogens is 2. The molecule has 0 aliphatic carbocycles. The number of rotatable bonds is 5. The van der Waals surface area contributed by atoms with Crippen molar-refractivity contribution < 1.29 is 13.9 Å². The number of halogens is 3. The lowest BCUT2D eigenvalue weighted by Gasteiger charge is -2.27. The SMILES string of the molecule is CC(Oc1cc(-c2ccc(C(=O)N3CCNCC3)cc2)nnc1N)c1c(Cl)ccc(F)c1Cl. The molecule has 33 heavy (non-hydrogen) atoms. The number of nitrogen functional groups attached to an aromatic ring is 1. The molecule has 1 atom stereocenters. The maximum absolute atomic E-state index is 13.9. The second-order valence-corrected chi connectivity index (χ2v) is 8.40. The van der Waals surface area contributed by atoms with E-state index in [1.54, 1.807) is 37.3 Å². The van der Waals surface area contributed by atoms with E-state index in [2.05, 4.69) is 15.5 Å². The average molecular weight is 490 g/mol. The molecular formula is C23H22Cl2FN5O2. The van der Waals surface area contributed by atoms with Crippen molar-refractivity contribution in [3.05, 3.63) is 69.5 Å². The van der Waals surface area contributed by atoms with Crippen molar-refractivity contribution in [2.24, 2.45) is 0 Å². The average Bonchev–Trinajstić information content (AvgIpc) is 2.83. The first-order valence-electron chi connectivity index (χ1n) is 10.4. The summed E-state index contributed by atoms with van der Waals surface area (Å²) in [5, 5.41) is 11.5. The molecule has 10 heteroatoms. The lowest BCUT2D eigenvalue weighted by molar-refractivity contribution is 0.0736. The smallest absolute Gasteiger partial charge is 0.253 e. The first kappa shape index (κ1) is 23.2. The van der Waals surface area contributed by atoms with Crippen LogP contribution in [0.25, 0.3) is 11.3 Å². The first-order chi connectivity index (χ1) is 15.8. The number of carbonyl (C=O) groups excluding carboxylic acids is 1. The van der Waals surface area contributed by atoms with Crippen molar-refractivity contribution in [2.45, 2.75) is 13.0 Å². The second-order valence-electron chi connectivity index (χ2n) is 7.62. The molecule has 3 aromatic rings. The van der Waals surface area contributed by atoms with Crippen LogP contribution < -0.4 is 15.8 Å². The van der Waals surface area contributed by atoms with E-state index in [4.69, 9.17) is 33.7 Å². The van der Waals surface area contributed by atoms with Crippen LogP contribution in [0, 0.1) is 5.82 Å². The number of ether oxygens (including phenoxy) is 1. The van der Waals surface area contributed by atoms with Gasteiger partial charge >= 0.3 is 0 Å². The number of piperazine rings is 1. The molecule has 3 N–H and O–H groups in total. The molecule has 0 bridgehead atoms. The highest BCUT2D eigenvalue weighted by atomic mass is 35.5. The zero-order valence-electron chi connectivity index (χ0n) is 17.8. The molecule has 1 amide bonds. The molecule has 0 spiro atoms. The van der Waals surface area contributed by atoms with Gasteiger partial charge < -0.3 is 20.7 Å². The third kappa shape index (κ3) is 5.03. The van der Waals surface area contributed by atoms with Gasteiger partial charge in [0.1, 0.15) is 11.9 Å². The van der Waals surface area contributed by atoms with Gasteiger partial charge in [-0.1, -0.05) is 35.3 Å². The van der Waals surface area contributed by atoms with E-state index in [1.807, 2.05) is 4.90 Å². The zero-order chi connectivity index (χ0) is 23.5. The Morgan fingerprint density at radius 2 is 1.85 bits per heavy atom. The van der Waals surface area contributed by atoms with E-state index in [9.17, 15) is 9.18 Å². The number of hydrogen-bond acceptors (Lipinski definition) is 6. The summed E-state index contributed by atoms with van der Waals surface area (Å²) in [7, 11) is 0. The van der Waals surface area contributed by atoms with Crippen molar-refractivity contribution in [1.29, 1.82) is 0 Å². The largest absolute Gasteiger partial charge is 0.482 e. The fourth-order valence-electron chi connectivity index (χ4n) is 3.62. The van der Waals surface area contributed by atoms with Crippen LogP contribution in [0.4, 0.5) is 10.2 Å². The molecule has 1 aliphatic heterocycles. The number of nitrogens with zero attached hydrogens (tertiary/aromatic N) is 3. The lowest BCUT2D eigenvalue weighted by Crippen LogP contribution is -2.46. The summed E-state index contributed by atoms with van der Waals surface area (Å²) >= 11 is 12.3. The predicted molar refractivity (Wildman–Crippen MR) is 126 cm³/mol. The fraction of sp³-hybridized carbons (Fsp3) is 0.261. The Balaban J connectivity index is 1.55. The Bertz CT molecular complexity index is 1170.